The molecule has 0 unspecified atom stereocenters. The van der Waals surface area contributed by atoms with Gasteiger partial charge in [-0.2, -0.15) is 4.98 Å². The molecule has 6 heteroatoms. The van der Waals surface area contributed by atoms with Gasteiger partial charge >= 0.3 is 0 Å². The number of hydrogen-bond acceptors (Lipinski definition) is 5. The molecule has 2 heterocycles. The summed E-state index contributed by atoms with van der Waals surface area (Å²) < 4.78 is 10.9. The molecule has 1 aromatic carbocycles. The first-order chi connectivity index (χ1) is 11.1. The highest BCUT2D eigenvalue weighted by Gasteiger charge is 2.06. The van der Waals surface area contributed by atoms with Crippen molar-refractivity contribution in [3.63, 3.8) is 0 Å². The summed E-state index contributed by atoms with van der Waals surface area (Å²) in [7, 11) is 0. The van der Waals surface area contributed by atoms with Gasteiger partial charge < -0.3 is 14.5 Å². The Morgan fingerprint density at radius 3 is 3.04 bits per heavy atom. The zero-order valence-corrected chi connectivity index (χ0v) is 13.6. The van der Waals surface area contributed by atoms with Gasteiger partial charge in [-0.3, -0.25) is 0 Å². The van der Waals surface area contributed by atoms with Crippen molar-refractivity contribution in [3.8, 4) is 5.75 Å². The van der Waals surface area contributed by atoms with Gasteiger partial charge in [0.2, 0.25) is 11.7 Å². The van der Waals surface area contributed by atoms with Crippen LogP contribution in [0.1, 0.15) is 13.8 Å². The predicted octanol–water partition coefficient (Wildman–Crippen LogP) is 4.96. The molecule has 0 saturated carbocycles. The summed E-state index contributed by atoms with van der Waals surface area (Å²) >= 11 is 6.16. The maximum atomic E-state index is 6.16. The van der Waals surface area contributed by atoms with E-state index < -0.39 is 0 Å². The molecule has 23 heavy (non-hydrogen) atoms. The molecule has 0 aliphatic carbocycles. The lowest BCUT2D eigenvalue weighted by atomic mass is 10.3. The number of hydrogen-bond donors (Lipinski definition) is 1. The first kappa shape index (κ1) is 15.4. The average molecular weight is 330 g/mol. The predicted molar refractivity (Wildman–Crippen MR) is 91.5 cm³/mol. The van der Waals surface area contributed by atoms with Crippen LogP contribution in [0.25, 0.3) is 11.1 Å². The Labute approximate surface area is 139 Å². The van der Waals surface area contributed by atoms with Crippen LogP contribution < -0.4 is 10.1 Å². The van der Waals surface area contributed by atoms with Crippen molar-refractivity contribution in [1.82, 2.24) is 9.97 Å². The van der Waals surface area contributed by atoms with Crippen molar-refractivity contribution in [1.29, 1.82) is 0 Å². The van der Waals surface area contributed by atoms with Crippen LogP contribution in [0.15, 0.2) is 52.8 Å². The van der Waals surface area contributed by atoms with Crippen LogP contribution in [-0.4, -0.2) is 16.6 Å². The van der Waals surface area contributed by atoms with Gasteiger partial charge in [0, 0.05) is 18.0 Å². The number of allylic oxidation sites excluding steroid dienone is 1. The van der Waals surface area contributed by atoms with E-state index in [2.05, 4.69) is 15.3 Å². The van der Waals surface area contributed by atoms with Crippen LogP contribution in [0.2, 0.25) is 5.02 Å². The maximum Gasteiger partial charge on any atom is 0.230 e. The average Bonchev–Trinajstić information content (AvgIpc) is 2.97. The van der Waals surface area contributed by atoms with E-state index in [0.717, 1.165) is 11.1 Å². The summed E-state index contributed by atoms with van der Waals surface area (Å²) in [5, 5.41) is 4.53. The van der Waals surface area contributed by atoms with Gasteiger partial charge in [0.05, 0.1) is 16.7 Å². The number of rotatable bonds is 5. The van der Waals surface area contributed by atoms with Gasteiger partial charge in [-0.15, -0.1) is 0 Å². The van der Waals surface area contributed by atoms with E-state index in [1.165, 1.54) is 5.57 Å². The molecule has 0 atom stereocenters. The summed E-state index contributed by atoms with van der Waals surface area (Å²) in [5.41, 5.74) is 2.51. The topological polar surface area (TPSA) is 60.2 Å². The van der Waals surface area contributed by atoms with Gasteiger partial charge in [-0.1, -0.05) is 17.2 Å². The van der Waals surface area contributed by atoms with Gasteiger partial charge in [-0.05, 0) is 38.1 Å². The van der Waals surface area contributed by atoms with Crippen molar-refractivity contribution in [3.05, 3.63) is 53.4 Å². The molecule has 0 radical (unpaired) electrons. The molecule has 1 N–H and O–H groups in total. The Hall–Kier alpha value is -2.53. The second-order valence-electron chi connectivity index (χ2n) is 5.24. The van der Waals surface area contributed by atoms with E-state index in [1.807, 2.05) is 38.1 Å². The van der Waals surface area contributed by atoms with Crippen molar-refractivity contribution >= 4 is 34.3 Å². The molecule has 118 valence electrons. The monoisotopic (exact) mass is 329 g/mol. The molecule has 0 aliphatic rings. The third-order valence-corrected chi connectivity index (χ3v) is 3.44. The van der Waals surface area contributed by atoms with E-state index in [4.69, 9.17) is 20.8 Å². The number of nitrogens with zero attached hydrogens (tertiary/aromatic N) is 2. The van der Waals surface area contributed by atoms with Gasteiger partial charge in [0.25, 0.3) is 0 Å². The van der Waals surface area contributed by atoms with E-state index in [0.29, 0.717) is 29.0 Å². The number of benzene rings is 1. The summed E-state index contributed by atoms with van der Waals surface area (Å²) in [4.78, 5) is 8.54. The maximum absolute atomic E-state index is 6.16. The van der Waals surface area contributed by atoms with Gasteiger partial charge in [0.1, 0.15) is 12.4 Å². The minimum atomic E-state index is 0.449. The summed E-state index contributed by atoms with van der Waals surface area (Å²) in [6.45, 7) is 4.51. The van der Waals surface area contributed by atoms with Crippen LogP contribution in [0.4, 0.5) is 11.6 Å². The van der Waals surface area contributed by atoms with Crippen LogP contribution >= 0.6 is 11.6 Å². The molecule has 2 aromatic heterocycles. The molecule has 0 amide bonds. The second kappa shape index (κ2) is 6.71. The van der Waals surface area contributed by atoms with Crippen molar-refractivity contribution < 1.29 is 9.15 Å². The summed E-state index contributed by atoms with van der Waals surface area (Å²) in [6.07, 6.45) is 5.28. The lowest BCUT2D eigenvalue weighted by Crippen LogP contribution is -1.99. The number of anilines is 2. The standard InChI is InChI=1S/C17H16ClN3O2/c1-11(2)5-7-22-15-9-13(3-4-14(15)18)20-17-19-10-12-6-8-23-16(12)21-17/h3-6,8-10H,7H2,1-2H3,(H,19,20,21). The van der Waals surface area contributed by atoms with Crippen molar-refractivity contribution in [2.45, 2.75) is 13.8 Å². The lowest BCUT2D eigenvalue weighted by molar-refractivity contribution is 0.362. The van der Waals surface area contributed by atoms with Crippen LogP contribution in [0, 0.1) is 0 Å². The molecule has 0 bridgehead atoms. The Morgan fingerprint density at radius 1 is 1.35 bits per heavy atom. The summed E-state index contributed by atoms with van der Waals surface area (Å²) in [5.74, 6) is 1.05. The highest BCUT2D eigenvalue weighted by atomic mass is 35.5. The first-order valence-corrected chi connectivity index (χ1v) is 7.52. The van der Waals surface area contributed by atoms with Crippen LogP contribution in [-0.2, 0) is 0 Å². The Kier molecular flexibility index (Phi) is 4.48. The number of nitrogens with one attached hydrogen (secondary N) is 1. The number of furan rings is 1. The molecule has 0 saturated heterocycles. The van der Waals surface area contributed by atoms with E-state index in [-0.39, 0.29) is 0 Å². The van der Waals surface area contributed by atoms with Crippen molar-refractivity contribution in [2.75, 3.05) is 11.9 Å². The molecule has 3 rings (SSSR count). The van der Waals surface area contributed by atoms with Crippen molar-refractivity contribution in [2.24, 2.45) is 0 Å². The SMILES string of the molecule is CC(C)=CCOc1cc(Nc2ncc3ccoc3n2)ccc1Cl. The third-order valence-electron chi connectivity index (χ3n) is 3.13. The van der Waals surface area contributed by atoms with Crippen LogP contribution in [0.5, 0.6) is 5.75 Å². The highest BCUT2D eigenvalue weighted by molar-refractivity contribution is 6.32. The fourth-order valence-corrected chi connectivity index (χ4v) is 2.11. The van der Waals surface area contributed by atoms with Gasteiger partial charge in [-0.25, -0.2) is 4.98 Å². The number of fused-ring (bicyclic) bond motifs is 1. The second-order valence-corrected chi connectivity index (χ2v) is 5.64. The van der Waals surface area contributed by atoms with Gasteiger partial charge in [0.15, 0.2) is 0 Å². The largest absolute Gasteiger partial charge is 0.488 e. The molecule has 0 spiro atoms. The van der Waals surface area contributed by atoms with Crippen LogP contribution in [0.3, 0.4) is 0 Å². The lowest BCUT2D eigenvalue weighted by Gasteiger charge is -2.09. The highest BCUT2D eigenvalue weighted by Crippen LogP contribution is 2.29. The molecule has 0 fully saturated rings. The zero-order chi connectivity index (χ0) is 16.2. The van der Waals surface area contributed by atoms with E-state index in [1.54, 1.807) is 18.5 Å². The smallest absolute Gasteiger partial charge is 0.230 e. The Morgan fingerprint density at radius 2 is 2.22 bits per heavy atom. The molecule has 3 aromatic rings. The molecular weight excluding hydrogens is 314 g/mol. The molecule has 0 aliphatic heterocycles. The quantitative estimate of drug-likeness (QED) is 0.670. The number of aromatic nitrogens is 2. The fraction of sp³-hybridized carbons (Fsp3) is 0.176. The third kappa shape index (κ3) is 3.81. The van der Waals surface area contributed by atoms with E-state index >= 15 is 0 Å². The Bertz CT molecular complexity index is 854. The first-order valence-electron chi connectivity index (χ1n) is 7.15. The number of ether oxygens (including phenoxy) is 1. The fourth-order valence-electron chi connectivity index (χ4n) is 1.94. The normalized spacial score (nSPS) is 10.6. The minimum Gasteiger partial charge on any atom is -0.488 e. The minimum absolute atomic E-state index is 0.449. The summed E-state index contributed by atoms with van der Waals surface area (Å²) in [6, 6.07) is 7.24. The number of halogens is 1. The molecular formula is C17H16ClN3O2. The van der Waals surface area contributed by atoms with E-state index in [9.17, 15) is 0 Å². The Balaban J connectivity index is 1.78. The molecule has 5 nitrogen and oxygen atoms in total. The zero-order valence-electron chi connectivity index (χ0n) is 12.8.